The molecule has 0 saturated heterocycles. The number of rotatable bonds is 2. The molecule has 3 aromatic rings. The van der Waals surface area contributed by atoms with Crippen molar-refractivity contribution in [1.29, 1.82) is 0 Å². The number of hydrogen-bond donors (Lipinski definition) is 0. The van der Waals surface area contributed by atoms with Gasteiger partial charge in [-0.2, -0.15) is 0 Å². The molecule has 0 N–H and O–H groups in total. The first-order valence-electron chi connectivity index (χ1n) is 4.82. The van der Waals surface area contributed by atoms with Crippen molar-refractivity contribution in [2.24, 2.45) is 0 Å². The zero-order valence-electron chi connectivity index (χ0n) is 8.33. The Balaban J connectivity index is 2.07. The van der Waals surface area contributed by atoms with E-state index in [0.29, 0.717) is 5.82 Å². The predicted octanol–water partition coefficient (Wildman–Crippen LogP) is 3.00. The van der Waals surface area contributed by atoms with Gasteiger partial charge in [0.05, 0.1) is 30.0 Å². The quantitative estimate of drug-likeness (QED) is 0.655. The summed E-state index contributed by atoms with van der Waals surface area (Å²) in [6.07, 6.45) is 8.21. The van der Waals surface area contributed by atoms with Crippen LogP contribution in [-0.4, -0.2) is 9.97 Å². The minimum Gasteiger partial charge on any atom is -0.472 e. The van der Waals surface area contributed by atoms with E-state index in [-0.39, 0.29) is 0 Å². The number of furan rings is 2. The van der Waals surface area contributed by atoms with Crippen molar-refractivity contribution in [3.05, 3.63) is 49.4 Å². The Morgan fingerprint density at radius 1 is 0.875 bits per heavy atom. The van der Waals surface area contributed by atoms with E-state index in [0.717, 1.165) is 16.8 Å². The minimum absolute atomic E-state index is 0.646. The highest BCUT2D eigenvalue weighted by atomic mass is 16.3. The van der Waals surface area contributed by atoms with Crippen LogP contribution in [0.2, 0.25) is 0 Å². The van der Waals surface area contributed by atoms with E-state index in [1.165, 1.54) is 0 Å². The average molecular weight is 212 g/mol. The molecule has 0 unspecified atom stereocenters. The van der Waals surface area contributed by atoms with Crippen molar-refractivity contribution in [2.45, 2.75) is 0 Å². The molecule has 4 heteroatoms. The maximum Gasteiger partial charge on any atom is 0.163 e. The van der Waals surface area contributed by atoms with Crippen LogP contribution in [0.25, 0.3) is 22.6 Å². The molecule has 3 aromatic heterocycles. The summed E-state index contributed by atoms with van der Waals surface area (Å²) in [5.74, 6) is 0.646. The van der Waals surface area contributed by atoms with E-state index in [9.17, 15) is 0 Å². The average Bonchev–Trinajstić information content (AvgIpc) is 3.03. The van der Waals surface area contributed by atoms with E-state index in [2.05, 4.69) is 9.97 Å². The highest BCUT2D eigenvalue weighted by Crippen LogP contribution is 2.20. The van der Waals surface area contributed by atoms with Gasteiger partial charge in [0.15, 0.2) is 5.82 Å². The third kappa shape index (κ3) is 1.50. The first-order valence-corrected chi connectivity index (χ1v) is 4.82. The highest BCUT2D eigenvalue weighted by molar-refractivity contribution is 5.61. The smallest absolute Gasteiger partial charge is 0.163 e. The summed E-state index contributed by atoms with van der Waals surface area (Å²) in [5.41, 5.74) is 2.64. The summed E-state index contributed by atoms with van der Waals surface area (Å²) < 4.78 is 10.0. The molecule has 0 amide bonds. The summed E-state index contributed by atoms with van der Waals surface area (Å²) in [6, 6.07) is 5.53. The molecule has 0 fully saturated rings. The lowest BCUT2D eigenvalue weighted by Gasteiger charge is -1.98. The summed E-state index contributed by atoms with van der Waals surface area (Å²) in [6.45, 7) is 0. The van der Waals surface area contributed by atoms with Crippen LogP contribution in [0.4, 0.5) is 0 Å². The van der Waals surface area contributed by atoms with Crippen LogP contribution < -0.4 is 0 Å². The van der Waals surface area contributed by atoms with Gasteiger partial charge in [0.1, 0.15) is 6.26 Å². The maximum absolute atomic E-state index is 5.02. The van der Waals surface area contributed by atoms with E-state index >= 15 is 0 Å². The van der Waals surface area contributed by atoms with Crippen LogP contribution in [0.15, 0.2) is 58.3 Å². The van der Waals surface area contributed by atoms with Crippen LogP contribution in [-0.2, 0) is 0 Å². The molecule has 3 heterocycles. The second kappa shape index (κ2) is 3.66. The van der Waals surface area contributed by atoms with Gasteiger partial charge in [-0.3, -0.25) is 0 Å². The zero-order chi connectivity index (χ0) is 10.8. The van der Waals surface area contributed by atoms with Gasteiger partial charge < -0.3 is 8.83 Å². The lowest BCUT2D eigenvalue weighted by atomic mass is 10.2. The second-order valence-corrected chi connectivity index (χ2v) is 3.29. The molecule has 0 aliphatic carbocycles. The Labute approximate surface area is 91.6 Å². The Bertz CT molecular complexity index is 521. The molecule has 0 aliphatic heterocycles. The third-order valence-electron chi connectivity index (χ3n) is 2.25. The van der Waals surface area contributed by atoms with Gasteiger partial charge in [-0.05, 0) is 18.2 Å². The molecule has 0 saturated carbocycles. The van der Waals surface area contributed by atoms with Gasteiger partial charge in [-0.15, -0.1) is 0 Å². The summed E-state index contributed by atoms with van der Waals surface area (Å²) in [5, 5.41) is 0. The standard InChI is InChI=1S/C12H8N2O2/c1-4-13-12(10-3-6-16-8-10)14-11(1)9-2-5-15-7-9/h1-8H. The van der Waals surface area contributed by atoms with Gasteiger partial charge >= 0.3 is 0 Å². The number of aromatic nitrogens is 2. The molecule has 78 valence electrons. The normalized spacial score (nSPS) is 10.5. The molecule has 0 bridgehead atoms. The Kier molecular flexibility index (Phi) is 2.04. The van der Waals surface area contributed by atoms with Crippen LogP contribution in [0.1, 0.15) is 0 Å². The number of nitrogens with zero attached hydrogens (tertiary/aromatic N) is 2. The van der Waals surface area contributed by atoms with Crippen molar-refractivity contribution in [3.63, 3.8) is 0 Å². The first-order chi connectivity index (χ1) is 7.93. The molecule has 0 radical (unpaired) electrons. The molecule has 0 aromatic carbocycles. The molecular formula is C12H8N2O2. The molecule has 3 rings (SSSR count). The van der Waals surface area contributed by atoms with Crippen LogP contribution in [0.3, 0.4) is 0 Å². The van der Waals surface area contributed by atoms with Gasteiger partial charge in [0, 0.05) is 11.8 Å². The van der Waals surface area contributed by atoms with Crippen molar-refractivity contribution < 1.29 is 8.83 Å². The lowest BCUT2D eigenvalue weighted by Crippen LogP contribution is -1.89. The van der Waals surface area contributed by atoms with Crippen LogP contribution in [0.5, 0.6) is 0 Å². The topological polar surface area (TPSA) is 52.1 Å². The monoisotopic (exact) mass is 212 g/mol. The van der Waals surface area contributed by atoms with E-state index < -0.39 is 0 Å². The Morgan fingerprint density at radius 3 is 2.31 bits per heavy atom. The molecule has 4 nitrogen and oxygen atoms in total. The number of hydrogen-bond acceptors (Lipinski definition) is 4. The van der Waals surface area contributed by atoms with Crippen molar-refractivity contribution in [3.8, 4) is 22.6 Å². The molecule has 16 heavy (non-hydrogen) atoms. The molecule has 0 aliphatic rings. The zero-order valence-corrected chi connectivity index (χ0v) is 8.33. The van der Waals surface area contributed by atoms with Gasteiger partial charge in [-0.1, -0.05) is 0 Å². The summed E-state index contributed by atoms with van der Waals surface area (Å²) in [7, 11) is 0. The summed E-state index contributed by atoms with van der Waals surface area (Å²) in [4.78, 5) is 8.62. The Morgan fingerprint density at radius 2 is 1.62 bits per heavy atom. The first kappa shape index (κ1) is 8.91. The van der Waals surface area contributed by atoms with Crippen LogP contribution in [0, 0.1) is 0 Å². The molecule has 0 atom stereocenters. The second-order valence-electron chi connectivity index (χ2n) is 3.29. The predicted molar refractivity (Wildman–Crippen MR) is 57.4 cm³/mol. The fraction of sp³-hybridized carbons (Fsp3) is 0. The maximum atomic E-state index is 5.02. The van der Waals surface area contributed by atoms with Crippen molar-refractivity contribution >= 4 is 0 Å². The summed E-state index contributed by atoms with van der Waals surface area (Å²) >= 11 is 0. The molecule has 0 spiro atoms. The van der Waals surface area contributed by atoms with Crippen molar-refractivity contribution in [2.75, 3.05) is 0 Å². The Hall–Kier alpha value is -2.36. The SMILES string of the molecule is c1cc(-c2ccoc2)nc(-c2ccoc2)n1. The van der Waals surface area contributed by atoms with E-state index in [4.69, 9.17) is 8.83 Å². The largest absolute Gasteiger partial charge is 0.472 e. The highest BCUT2D eigenvalue weighted by Gasteiger charge is 2.05. The van der Waals surface area contributed by atoms with E-state index in [1.807, 2.05) is 18.2 Å². The van der Waals surface area contributed by atoms with Crippen molar-refractivity contribution in [1.82, 2.24) is 9.97 Å². The third-order valence-corrected chi connectivity index (χ3v) is 2.25. The lowest BCUT2D eigenvalue weighted by molar-refractivity contribution is 0.568. The van der Waals surface area contributed by atoms with Gasteiger partial charge in [0.2, 0.25) is 0 Å². The van der Waals surface area contributed by atoms with Gasteiger partial charge in [0.25, 0.3) is 0 Å². The van der Waals surface area contributed by atoms with Crippen LogP contribution >= 0.6 is 0 Å². The minimum atomic E-state index is 0.646. The van der Waals surface area contributed by atoms with E-state index in [1.54, 1.807) is 31.2 Å². The molecular weight excluding hydrogens is 204 g/mol. The van der Waals surface area contributed by atoms with Gasteiger partial charge in [-0.25, -0.2) is 9.97 Å². The fourth-order valence-corrected chi connectivity index (χ4v) is 1.46. The fourth-order valence-electron chi connectivity index (χ4n) is 1.46.